The summed E-state index contributed by atoms with van der Waals surface area (Å²) in [7, 11) is 0. The molecule has 0 aromatic heterocycles. The van der Waals surface area contributed by atoms with Crippen LogP contribution in [0.4, 0.5) is 0 Å². The van der Waals surface area contributed by atoms with E-state index in [1.165, 1.54) is 30.4 Å². The van der Waals surface area contributed by atoms with Crippen LogP contribution >= 0.6 is 34.2 Å². The highest BCUT2D eigenvalue weighted by Gasteiger charge is 2.67. The van der Waals surface area contributed by atoms with Gasteiger partial charge in [-0.2, -0.15) is 0 Å². The van der Waals surface area contributed by atoms with Gasteiger partial charge in [-0.1, -0.05) is 46.3 Å². The quantitative estimate of drug-likeness (QED) is 0.536. The number of hydrogen-bond acceptors (Lipinski definition) is 0. The van der Waals surface area contributed by atoms with Gasteiger partial charge in [0.1, 0.15) is 0 Å². The summed E-state index contributed by atoms with van der Waals surface area (Å²) >= 11 is 8.90. The van der Waals surface area contributed by atoms with Crippen molar-refractivity contribution in [3.05, 3.63) is 34.3 Å². The van der Waals surface area contributed by atoms with Crippen molar-refractivity contribution in [1.29, 1.82) is 0 Å². The molecule has 0 radical (unpaired) electrons. The number of benzene rings is 1. The molecule has 1 aromatic rings. The minimum absolute atomic E-state index is 0.464. The molecule has 0 unspecified atom stereocenters. The number of alkyl halides is 1. The van der Waals surface area contributed by atoms with Gasteiger partial charge in [0, 0.05) is 13.9 Å². The standard InChI is InChI=1S/C12H12ClI/c1-8-2-3-9(10(13)4-8)11-5-12(14,6-11)7-11/h2-4H,5-7H2,1H3. The monoisotopic (exact) mass is 318 g/mol. The molecule has 0 N–H and O–H groups in total. The number of rotatable bonds is 1. The van der Waals surface area contributed by atoms with E-state index in [1.807, 2.05) is 0 Å². The molecule has 0 amide bonds. The SMILES string of the molecule is Cc1ccc(C23CC(I)(C2)C3)c(Cl)c1. The van der Waals surface area contributed by atoms with Crippen LogP contribution in [0.25, 0.3) is 0 Å². The number of halogens is 2. The van der Waals surface area contributed by atoms with E-state index < -0.39 is 0 Å². The fourth-order valence-corrected chi connectivity index (χ4v) is 5.63. The van der Waals surface area contributed by atoms with Gasteiger partial charge in [-0.05, 0) is 43.4 Å². The summed E-state index contributed by atoms with van der Waals surface area (Å²) in [4.78, 5) is 0. The Kier molecular flexibility index (Phi) is 1.81. The van der Waals surface area contributed by atoms with Crippen molar-refractivity contribution in [2.75, 3.05) is 0 Å². The summed E-state index contributed by atoms with van der Waals surface area (Å²) in [5, 5.41) is 0.975. The molecule has 3 aliphatic carbocycles. The Bertz CT molecular complexity index is 391. The maximum Gasteiger partial charge on any atom is 0.0446 e. The van der Waals surface area contributed by atoms with Crippen LogP contribution in [0.2, 0.25) is 5.02 Å². The fourth-order valence-electron chi connectivity index (χ4n) is 3.00. The summed E-state index contributed by atoms with van der Waals surface area (Å²) < 4.78 is 0.631. The molecular formula is C12H12ClI. The molecule has 0 atom stereocenters. The highest BCUT2D eigenvalue weighted by Crippen LogP contribution is 2.72. The third kappa shape index (κ3) is 1.12. The second kappa shape index (κ2) is 2.67. The lowest BCUT2D eigenvalue weighted by atomic mass is 9.42. The van der Waals surface area contributed by atoms with Gasteiger partial charge in [0.2, 0.25) is 0 Å². The van der Waals surface area contributed by atoms with Crippen molar-refractivity contribution < 1.29 is 0 Å². The molecule has 3 saturated carbocycles. The Morgan fingerprint density at radius 2 is 1.93 bits per heavy atom. The topological polar surface area (TPSA) is 0 Å². The predicted octanol–water partition coefficient (Wildman–Crippen LogP) is 4.26. The van der Waals surface area contributed by atoms with Gasteiger partial charge in [0.15, 0.2) is 0 Å². The molecule has 0 spiro atoms. The van der Waals surface area contributed by atoms with Crippen LogP contribution in [0.15, 0.2) is 18.2 Å². The smallest absolute Gasteiger partial charge is 0.0446 e. The summed E-state index contributed by atoms with van der Waals surface area (Å²) in [5.41, 5.74) is 3.12. The summed E-state index contributed by atoms with van der Waals surface area (Å²) in [5.74, 6) is 0. The van der Waals surface area contributed by atoms with Gasteiger partial charge >= 0.3 is 0 Å². The first kappa shape index (κ1) is 9.46. The van der Waals surface area contributed by atoms with E-state index in [2.05, 4.69) is 47.7 Å². The Balaban J connectivity index is 1.99. The molecule has 2 bridgehead atoms. The van der Waals surface area contributed by atoms with Crippen LogP contribution in [0.5, 0.6) is 0 Å². The van der Waals surface area contributed by atoms with Crippen LogP contribution in [0.3, 0.4) is 0 Å². The van der Waals surface area contributed by atoms with Crippen molar-refractivity contribution in [3.63, 3.8) is 0 Å². The van der Waals surface area contributed by atoms with E-state index in [9.17, 15) is 0 Å². The first-order chi connectivity index (χ1) is 6.53. The Hall–Kier alpha value is 0.240. The molecule has 0 saturated heterocycles. The van der Waals surface area contributed by atoms with E-state index in [0.717, 1.165) is 5.02 Å². The largest absolute Gasteiger partial charge is 0.0840 e. The Labute approximate surface area is 103 Å². The van der Waals surface area contributed by atoms with E-state index in [0.29, 0.717) is 8.84 Å². The maximum atomic E-state index is 6.29. The molecule has 2 heteroatoms. The van der Waals surface area contributed by atoms with Gasteiger partial charge in [0.05, 0.1) is 0 Å². The van der Waals surface area contributed by atoms with Crippen molar-refractivity contribution in [3.8, 4) is 0 Å². The highest BCUT2D eigenvalue weighted by molar-refractivity contribution is 14.1. The summed E-state index contributed by atoms with van der Waals surface area (Å²) in [6.07, 6.45) is 4.01. The van der Waals surface area contributed by atoms with Crippen LogP contribution < -0.4 is 0 Å². The molecule has 14 heavy (non-hydrogen) atoms. The minimum atomic E-state index is 0.464. The lowest BCUT2D eigenvalue weighted by Gasteiger charge is -2.68. The normalized spacial score (nSPS) is 38.8. The molecule has 0 nitrogen and oxygen atoms in total. The van der Waals surface area contributed by atoms with Gasteiger partial charge in [0.25, 0.3) is 0 Å². The second-order valence-electron chi connectivity index (χ2n) is 4.94. The van der Waals surface area contributed by atoms with E-state index >= 15 is 0 Å². The van der Waals surface area contributed by atoms with Crippen LogP contribution in [0, 0.1) is 6.92 Å². The van der Waals surface area contributed by atoms with Crippen molar-refractivity contribution >= 4 is 34.2 Å². The van der Waals surface area contributed by atoms with Crippen LogP contribution in [-0.4, -0.2) is 3.42 Å². The van der Waals surface area contributed by atoms with Gasteiger partial charge in [-0.15, -0.1) is 0 Å². The molecule has 1 aromatic carbocycles. The Morgan fingerprint density at radius 3 is 2.43 bits per heavy atom. The maximum absolute atomic E-state index is 6.29. The minimum Gasteiger partial charge on any atom is -0.0840 e. The van der Waals surface area contributed by atoms with E-state index in [1.54, 1.807) is 0 Å². The Morgan fingerprint density at radius 1 is 1.29 bits per heavy atom. The summed E-state index contributed by atoms with van der Waals surface area (Å²) in [6, 6.07) is 6.51. The lowest BCUT2D eigenvalue weighted by Crippen LogP contribution is -2.66. The molecule has 0 aliphatic heterocycles. The van der Waals surface area contributed by atoms with E-state index in [4.69, 9.17) is 11.6 Å². The van der Waals surface area contributed by atoms with Crippen LogP contribution in [0.1, 0.15) is 30.4 Å². The predicted molar refractivity (Wildman–Crippen MR) is 68.5 cm³/mol. The fraction of sp³-hybridized carbons (Fsp3) is 0.500. The van der Waals surface area contributed by atoms with Gasteiger partial charge in [-0.25, -0.2) is 0 Å². The van der Waals surface area contributed by atoms with Crippen molar-refractivity contribution in [1.82, 2.24) is 0 Å². The lowest BCUT2D eigenvalue weighted by molar-refractivity contribution is 0.0221. The van der Waals surface area contributed by atoms with Crippen molar-refractivity contribution in [2.45, 2.75) is 35.0 Å². The first-order valence-corrected chi connectivity index (χ1v) is 6.44. The molecule has 0 heterocycles. The van der Waals surface area contributed by atoms with Crippen LogP contribution in [-0.2, 0) is 5.41 Å². The molecule has 3 fully saturated rings. The van der Waals surface area contributed by atoms with Crippen molar-refractivity contribution in [2.24, 2.45) is 0 Å². The van der Waals surface area contributed by atoms with Gasteiger partial charge in [-0.3, -0.25) is 0 Å². The zero-order valence-corrected chi connectivity index (χ0v) is 11.0. The first-order valence-electron chi connectivity index (χ1n) is 4.99. The summed E-state index contributed by atoms with van der Waals surface area (Å²) in [6.45, 7) is 2.09. The molecule has 3 aliphatic rings. The molecule has 4 rings (SSSR count). The number of hydrogen-bond donors (Lipinski definition) is 0. The van der Waals surface area contributed by atoms with Gasteiger partial charge < -0.3 is 0 Å². The van der Waals surface area contributed by atoms with E-state index in [-0.39, 0.29) is 0 Å². The second-order valence-corrected chi connectivity index (χ2v) is 7.64. The average Bonchev–Trinajstić information content (AvgIpc) is 1.98. The third-order valence-corrected chi connectivity index (χ3v) is 5.12. The third-order valence-electron chi connectivity index (χ3n) is 3.66. The average molecular weight is 319 g/mol. The molecular weight excluding hydrogens is 306 g/mol. The number of aryl methyl sites for hydroxylation is 1. The zero-order chi connectivity index (χ0) is 9.97. The highest BCUT2D eigenvalue weighted by atomic mass is 127. The zero-order valence-electron chi connectivity index (χ0n) is 8.11. The molecule has 74 valence electrons.